The maximum absolute atomic E-state index is 10.8. The van der Waals surface area contributed by atoms with Crippen molar-refractivity contribution in [3.8, 4) is 0 Å². The molecule has 4 nitrogen and oxygen atoms in total. The van der Waals surface area contributed by atoms with E-state index in [4.69, 9.17) is 5.11 Å². The van der Waals surface area contributed by atoms with Crippen LogP contribution < -0.4 is 4.90 Å². The molecule has 0 aliphatic carbocycles. The number of halogens is 1. The molecule has 0 atom stereocenters. The molecule has 0 saturated carbocycles. The van der Waals surface area contributed by atoms with Crippen molar-refractivity contribution in [2.45, 2.75) is 12.8 Å². The van der Waals surface area contributed by atoms with Gasteiger partial charge in [0.25, 0.3) is 0 Å². The quantitative estimate of drug-likeness (QED) is 0.846. The lowest BCUT2D eigenvalue weighted by Gasteiger charge is -2.30. The summed E-state index contributed by atoms with van der Waals surface area (Å²) in [6, 6.07) is 5.77. The van der Waals surface area contributed by atoms with Crippen molar-refractivity contribution in [3.05, 3.63) is 22.8 Å². The molecule has 0 bridgehead atoms. The predicted octanol–water partition coefficient (Wildman–Crippen LogP) is 2.15. The van der Waals surface area contributed by atoms with Crippen LogP contribution in [0.3, 0.4) is 0 Å². The lowest BCUT2D eigenvalue weighted by molar-refractivity contribution is -0.142. The smallest absolute Gasteiger partial charge is 0.306 e. The molecular formula is C11H13BrN2O2. The number of piperidine rings is 1. The van der Waals surface area contributed by atoms with E-state index in [1.54, 1.807) is 0 Å². The van der Waals surface area contributed by atoms with Crippen LogP contribution >= 0.6 is 15.9 Å². The third-order valence-corrected chi connectivity index (χ3v) is 3.31. The first-order valence-corrected chi connectivity index (χ1v) is 6.06. The Labute approximate surface area is 102 Å². The molecule has 2 rings (SSSR count). The second-order valence-corrected chi connectivity index (χ2v) is 4.73. The van der Waals surface area contributed by atoms with E-state index < -0.39 is 5.97 Å². The first-order chi connectivity index (χ1) is 7.66. The zero-order chi connectivity index (χ0) is 11.5. The van der Waals surface area contributed by atoms with Crippen molar-refractivity contribution < 1.29 is 9.90 Å². The van der Waals surface area contributed by atoms with Gasteiger partial charge in [-0.25, -0.2) is 4.98 Å². The molecule has 1 aromatic heterocycles. The number of aliphatic carboxylic acids is 1. The molecule has 0 unspecified atom stereocenters. The molecule has 0 amide bonds. The Kier molecular flexibility index (Phi) is 3.43. The first-order valence-electron chi connectivity index (χ1n) is 5.27. The predicted molar refractivity (Wildman–Crippen MR) is 64.5 cm³/mol. The van der Waals surface area contributed by atoms with Crippen LogP contribution in [-0.4, -0.2) is 29.1 Å². The summed E-state index contributed by atoms with van der Waals surface area (Å²) in [5.74, 6) is 0.0449. The third-order valence-electron chi connectivity index (χ3n) is 2.87. The Morgan fingerprint density at radius 1 is 1.44 bits per heavy atom. The highest BCUT2D eigenvalue weighted by Crippen LogP contribution is 2.22. The third kappa shape index (κ3) is 2.52. The number of carbonyl (C=O) groups is 1. The Morgan fingerprint density at radius 3 is 2.69 bits per heavy atom. The molecule has 16 heavy (non-hydrogen) atoms. The molecule has 1 saturated heterocycles. The van der Waals surface area contributed by atoms with Gasteiger partial charge in [0, 0.05) is 13.1 Å². The van der Waals surface area contributed by atoms with Crippen LogP contribution in [0.5, 0.6) is 0 Å². The molecule has 2 heterocycles. The molecule has 1 aliphatic heterocycles. The molecule has 0 aromatic carbocycles. The van der Waals surface area contributed by atoms with Gasteiger partial charge in [0.1, 0.15) is 10.4 Å². The maximum atomic E-state index is 10.8. The van der Waals surface area contributed by atoms with Crippen LogP contribution in [0, 0.1) is 5.92 Å². The summed E-state index contributed by atoms with van der Waals surface area (Å²) in [5.41, 5.74) is 0. The van der Waals surface area contributed by atoms with E-state index in [1.807, 2.05) is 18.2 Å². The minimum Gasteiger partial charge on any atom is -0.481 e. The molecule has 0 radical (unpaired) electrons. The van der Waals surface area contributed by atoms with Crippen molar-refractivity contribution in [1.82, 2.24) is 4.98 Å². The highest BCUT2D eigenvalue weighted by atomic mass is 79.9. The number of rotatable bonds is 2. The van der Waals surface area contributed by atoms with Crippen LogP contribution in [0.25, 0.3) is 0 Å². The van der Waals surface area contributed by atoms with Gasteiger partial charge in [-0.15, -0.1) is 0 Å². The summed E-state index contributed by atoms with van der Waals surface area (Å²) in [5, 5.41) is 8.90. The number of hydrogen-bond donors (Lipinski definition) is 1. The number of pyridine rings is 1. The molecule has 1 aromatic rings. The molecule has 1 N–H and O–H groups in total. The lowest BCUT2D eigenvalue weighted by Crippen LogP contribution is -2.36. The van der Waals surface area contributed by atoms with E-state index in [2.05, 4.69) is 25.8 Å². The minimum atomic E-state index is -0.679. The van der Waals surface area contributed by atoms with Crippen LogP contribution in [0.4, 0.5) is 5.82 Å². The highest BCUT2D eigenvalue weighted by molar-refractivity contribution is 9.10. The SMILES string of the molecule is O=C(O)C1CCN(c2cccc(Br)n2)CC1. The first kappa shape index (κ1) is 11.4. The van der Waals surface area contributed by atoms with Gasteiger partial charge in [-0.2, -0.15) is 0 Å². The van der Waals surface area contributed by atoms with Gasteiger partial charge in [-0.05, 0) is 40.9 Å². The number of nitrogens with zero attached hydrogens (tertiary/aromatic N) is 2. The number of anilines is 1. The zero-order valence-corrected chi connectivity index (χ0v) is 10.4. The molecular weight excluding hydrogens is 272 g/mol. The molecule has 1 aliphatic rings. The Bertz CT molecular complexity index is 389. The van der Waals surface area contributed by atoms with Gasteiger partial charge in [-0.3, -0.25) is 4.79 Å². The number of carboxylic acids is 1. The largest absolute Gasteiger partial charge is 0.481 e. The molecule has 0 spiro atoms. The monoisotopic (exact) mass is 284 g/mol. The normalized spacial score (nSPS) is 17.4. The fraction of sp³-hybridized carbons (Fsp3) is 0.455. The fourth-order valence-corrected chi connectivity index (χ4v) is 2.26. The average molecular weight is 285 g/mol. The van der Waals surface area contributed by atoms with E-state index >= 15 is 0 Å². The second kappa shape index (κ2) is 4.82. The van der Waals surface area contributed by atoms with Crippen molar-refractivity contribution in [1.29, 1.82) is 0 Å². The fourth-order valence-electron chi connectivity index (χ4n) is 1.93. The summed E-state index contributed by atoms with van der Waals surface area (Å²) >= 11 is 3.33. The molecule has 86 valence electrons. The molecule has 1 fully saturated rings. The minimum absolute atomic E-state index is 0.191. The summed E-state index contributed by atoms with van der Waals surface area (Å²) in [6.45, 7) is 1.53. The summed E-state index contributed by atoms with van der Waals surface area (Å²) in [6.07, 6.45) is 1.40. The van der Waals surface area contributed by atoms with E-state index in [1.165, 1.54) is 0 Å². The maximum Gasteiger partial charge on any atom is 0.306 e. The topological polar surface area (TPSA) is 53.4 Å². The average Bonchev–Trinajstić information content (AvgIpc) is 2.29. The van der Waals surface area contributed by atoms with Gasteiger partial charge in [0.15, 0.2) is 0 Å². The van der Waals surface area contributed by atoms with Gasteiger partial charge in [0.05, 0.1) is 5.92 Å². The summed E-state index contributed by atoms with van der Waals surface area (Å²) in [7, 11) is 0. The van der Waals surface area contributed by atoms with Crippen molar-refractivity contribution in [2.75, 3.05) is 18.0 Å². The zero-order valence-electron chi connectivity index (χ0n) is 8.77. The van der Waals surface area contributed by atoms with E-state index in [0.717, 1.165) is 23.5 Å². The van der Waals surface area contributed by atoms with Crippen LogP contribution in [-0.2, 0) is 4.79 Å². The Balaban J connectivity index is 2.01. The van der Waals surface area contributed by atoms with E-state index in [0.29, 0.717) is 12.8 Å². The van der Waals surface area contributed by atoms with Gasteiger partial charge >= 0.3 is 5.97 Å². The summed E-state index contributed by atoms with van der Waals surface area (Å²) in [4.78, 5) is 17.3. The Hall–Kier alpha value is -1.10. The van der Waals surface area contributed by atoms with Gasteiger partial charge in [-0.1, -0.05) is 6.07 Å². The number of carboxylic acid groups (broad SMARTS) is 1. The van der Waals surface area contributed by atoms with E-state index in [-0.39, 0.29) is 5.92 Å². The van der Waals surface area contributed by atoms with Crippen LogP contribution in [0.2, 0.25) is 0 Å². The highest BCUT2D eigenvalue weighted by Gasteiger charge is 2.24. The number of aromatic nitrogens is 1. The van der Waals surface area contributed by atoms with Crippen LogP contribution in [0.15, 0.2) is 22.8 Å². The Morgan fingerprint density at radius 2 is 2.12 bits per heavy atom. The standard InChI is InChI=1S/C11H13BrN2O2/c12-9-2-1-3-10(13-9)14-6-4-8(5-7-14)11(15)16/h1-3,8H,4-7H2,(H,15,16). The van der Waals surface area contributed by atoms with Gasteiger partial charge < -0.3 is 10.0 Å². The lowest BCUT2D eigenvalue weighted by atomic mass is 9.97. The van der Waals surface area contributed by atoms with Crippen molar-refractivity contribution >= 4 is 27.7 Å². The number of hydrogen-bond acceptors (Lipinski definition) is 3. The van der Waals surface area contributed by atoms with Gasteiger partial charge in [0.2, 0.25) is 0 Å². The van der Waals surface area contributed by atoms with Crippen molar-refractivity contribution in [3.63, 3.8) is 0 Å². The van der Waals surface area contributed by atoms with E-state index in [9.17, 15) is 4.79 Å². The van der Waals surface area contributed by atoms with Crippen LogP contribution in [0.1, 0.15) is 12.8 Å². The molecule has 5 heteroatoms. The van der Waals surface area contributed by atoms with Crippen molar-refractivity contribution in [2.24, 2.45) is 5.92 Å². The second-order valence-electron chi connectivity index (χ2n) is 3.92. The summed E-state index contributed by atoms with van der Waals surface area (Å²) < 4.78 is 0.811.